The van der Waals surface area contributed by atoms with Gasteiger partial charge in [0.1, 0.15) is 12.2 Å². The van der Waals surface area contributed by atoms with Gasteiger partial charge in [-0.25, -0.2) is 4.18 Å². The Morgan fingerprint density at radius 3 is 2.44 bits per heavy atom. The molecule has 0 spiro atoms. The van der Waals surface area contributed by atoms with Crippen molar-refractivity contribution in [2.75, 3.05) is 6.61 Å². The molecule has 2 atom stereocenters. The molecule has 138 valence electrons. The van der Waals surface area contributed by atoms with Crippen molar-refractivity contribution in [1.29, 1.82) is 0 Å². The molecule has 0 radical (unpaired) electrons. The van der Waals surface area contributed by atoms with Crippen LogP contribution < -0.4 is 0 Å². The second-order valence-electron chi connectivity index (χ2n) is 5.96. The Bertz CT molecular complexity index is 710. The van der Waals surface area contributed by atoms with Gasteiger partial charge in [0.2, 0.25) is 0 Å². The quantitative estimate of drug-likeness (QED) is 0.386. The van der Waals surface area contributed by atoms with Gasteiger partial charge in [0.15, 0.2) is 0 Å². The van der Waals surface area contributed by atoms with E-state index in [-0.39, 0.29) is 5.92 Å². The molecule has 1 rings (SSSR count). The van der Waals surface area contributed by atoms with Crippen molar-refractivity contribution in [2.45, 2.75) is 38.2 Å². The number of carbonyl (C=O) groups is 1. The molecule has 0 amide bonds. The molecule has 25 heavy (non-hydrogen) atoms. The van der Waals surface area contributed by atoms with Crippen molar-refractivity contribution in [3.05, 3.63) is 60.7 Å². The second-order valence-corrected chi connectivity index (χ2v) is 7.05. The van der Waals surface area contributed by atoms with E-state index in [1.54, 1.807) is 13.0 Å². The Balaban J connectivity index is 3.23. The van der Waals surface area contributed by atoms with E-state index in [0.29, 0.717) is 12.8 Å². The summed E-state index contributed by atoms with van der Waals surface area (Å²) in [6, 6.07) is 9.24. The minimum Gasteiger partial charge on any atom is -0.456 e. The zero-order chi connectivity index (χ0) is 19.1. The molecule has 0 aliphatic carbocycles. The largest absolute Gasteiger partial charge is 0.456 e. The van der Waals surface area contributed by atoms with E-state index in [0.717, 1.165) is 11.1 Å². The SMILES string of the molecule is C=CC(=C)CCC(c1ccccc1)C(C)(COS(=O)(=O)O)OC(C)=O. The molecule has 1 aromatic rings. The van der Waals surface area contributed by atoms with Gasteiger partial charge < -0.3 is 4.74 Å². The van der Waals surface area contributed by atoms with Gasteiger partial charge in [-0.15, -0.1) is 0 Å². The lowest BCUT2D eigenvalue weighted by atomic mass is 9.79. The number of rotatable bonds is 10. The smallest absolute Gasteiger partial charge is 0.397 e. The minimum atomic E-state index is -4.67. The summed E-state index contributed by atoms with van der Waals surface area (Å²) in [5.41, 5.74) is 0.355. The summed E-state index contributed by atoms with van der Waals surface area (Å²) in [7, 11) is -4.67. The molecule has 6 nitrogen and oxygen atoms in total. The first-order chi connectivity index (χ1) is 11.6. The third-order valence-electron chi connectivity index (χ3n) is 3.85. The molecule has 7 heteroatoms. The maximum Gasteiger partial charge on any atom is 0.397 e. The maximum atomic E-state index is 11.6. The second kappa shape index (κ2) is 8.94. The van der Waals surface area contributed by atoms with Crippen molar-refractivity contribution >= 4 is 16.4 Å². The Morgan fingerprint density at radius 1 is 1.36 bits per heavy atom. The monoisotopic (exact) mass is 368 g/mol. The molecule has 0 aliphatic heterocycles. The van der Waals surface area contributed by atoms with Crippen LogP contribution in [0.1, 0.15) is 38.2 Å². The first kappa shape index (κ1) is 21.1. The fourth-order valence-electron chi connectivity index (χ4n) is 2.66. The van der Waals surface area contributed by atoms with Crippen molar-refractivity contribution < 1.29 is 26.7 Å². The predicted octanol–water partition coefficient (Wildman–Crippen LogP) is 3.43. The molecule has 0 fully saturated rings. The van der Waals surface area contributed by atoms with Crippen molar-refractivity contribution in [2.24, 2.45) is 0 Å². The van der Waals surface area contributed by atoms with Gasteiger partial charge in [-0.2, -0.15) is 8.42 Å². The van der Waals surface area contributed by atoms with E-state index in [4.69, 9.17) is 9.29 Å². The Kier molecular flexibility index (Phi) is 7.54. The highest BCUT2D eigenvalue weighted by atomic mass is 32.3. The molecule has 0 heterocycles. The lowest BCUT2D eigenvalue weighted by Crippen LogP contribution is -2.43. The lowest BCUT2D eigenvalue weighted by molar-refractivity contribution is -0.161. The highest BCUT2D eigenvalue weighted by Crippen LogP contribution is 2.37. The number of allylic oxidation sites excluding steroid dienone is 2. The fourth-order valence-corrected chi connectivity index (χ4v) is 3.05. The van der Waals surface area contributed by atoms with E-state index < -0.39 is 28.6 Å². The highest BCUT2D eigenvalue weighted by molar-refractivity contribution is 7.80. The standard InChI is InChI=1S/C18H24O6S/c1-5-14(2)11-12-17(16-9-7-6-8-10-16)18(4,24-15(3)19)13-23-25(20,21)22/h5-10,17H,1-2,11-13H2,3-4H3,(H,20,21,22). The van der Waals surface area contributed by atoms with Crippen molar-refractivity contribution in [3.8, 4) is 0 Å². The Hall–Kier alpha value is -1.96. The van der Waals surface area contributed by atoms with Crippen LogP contribution in [-0.4, -0.2) is 31.1 Å². The van der Waals surface area contributed by atoms with Crippen LogP contribution in [0.4, 0.5) is 0 Å². The minimum absolute atomic E-state index is 0.379. The van der Waals surface area contributed by atoms with Crippen molar-refractivity contribution in [1.82, 2.24) is 0 Å². The van der Waals surface area contributed by atoms with E-state index in [1.165, 1.54) is 6.92 Å². The first-order valence-electron chi connectivity index (χ1n) is 7.74. The number of carbonyl (C=O) groups excluding carboxylic acids is 1. The number of hydrogen-bond acceptors (Lipinski definition) is 5. The molecule has 2 unspecified atom stereocenters. The van der Waals surface area contributed by atoms with Gasteiger partial charge in [-0.05, 0) is 25.3 Å². The molecule has 0 saturated carbocycles. The van der Waals surface area contributed by atoms with Crippen molar-refractivity contribution in [3.63, 3.8) is 0 Å². The van der Waals surface area contributed by atoms with Crippen LogP contribution in [0.5, 0.6) is 0 Å². The number of ether oxygens (including phenoxy) is 1. The van der Waals surface area contributed by atoms with Gasteiger partial charge in [0.25, 0.3) is 0 Å². The third kappa shape index (κ3) is 7.21. The summed E-state index contributed by atoms with van der Waals surface area (Å²) in [4.78, 5) is 11.6. The summed E-state index contributed by atoms with van der Waals surface area (Å²) in [6.07, 6.45) is 2.74. The van der Waals surface area contributed by atoms with Crippen LogP contribution in [0, 0.1) is 0 Å². The Labute approximate surface area is 149 Å². The van der Waals surface area contributed by atoms with Crippen LogP contribution in [-0.2, 0) is 24.1 Å². The molecule has 0 aromatic heterocycles. The van der Waals surface area contributed by atoms with Crippen LogP contribution in [0.25, 0.3) is 0 Å². The van der Waals surface area contributed by atoms with Gasteiger partial charge in [-0.1, -0.05) is 55.1 Å². The highest BCUT2D eigenvalue weighted by Gasteiger charge is 2.40. The normalized spacial score (nSPS) is 15.0. The van der Waals surface area contributed by atoms with Gasteiger partial charge in [0, 0.05) is 12.8 Å². The number of esters is 1. The summed E-state index contributed by atoms with van der Waals surface area (Å²) in [5.74, 6) is -0.957. The van der Waals surface area contributed by atoms with Crippen LogP contribution in [0.2, 0.25) is 0 Å². The summed E-state index contributed by atoms with van der Waals surface area (Å²) < 4.78 is 40.9. The van der Waals surface area contributed by atoms with Gasteiger partial charge >= 0.3 is 16.4 Å². The molecule has 1 N–H and O–H groups in total. The molecule has 1 aromatic carbocycles. The molecule has 0 aliphatic rings. The van der Waals surface area contributed by atoms with Crippen LogP contribution >= 0.6 is 0 Å². The van der Waals surface area contributed by atoms with E-state index in [9.17, 15) is 13.2 Å². The van der Waals surface area contributed by atoms with E-state index >= 15 is 0 Å². The van der Waals surface area contributed by atoms with Gasteiger partial charge in [-0.3, -0.25) is 9.35 Å². The zero-order valence-electron chi connectivity index (χ0n) is 14.5. The van der Waals surface area contributed by atoms with E-state index in [2.05, 4.69) is 17.3 Å². The maximum absolute atomic E-state index is 11.6. The lowest BCUT2D eigenvalue weighted by Gasteiger charge is -2.36. The predicted molar refractivity (Wildman–Crippen MR) is 95.4 cm³/mol. The van der Waals surface area contributed by atoms with E-state index in [1.807, 2.05) is 30.3 Å². The first-order valence-corrected chi connectivity index (χ1v) is 9.10. The summed E-state index contributed by atoms with van der Waals surface area (Å²) in [6.45, 7) is 9.84. The third-order valence-corrected chi connectivity index (χ3v) is 4.27. The zero-order valence-corrected chi connectivity index (χ0v) is 15.3. The fraction of sp³-hybridized carbons (Fsp3) is 0.389. The topological polar surface area (TPSA) is 89.9 Å². The molecular weight excluding hydrogens is 344 g/mol. The summed E-state index contributed by atoms with van der Waals surface area (Å²) >= 11 is 0. The van der Waals surface area contributed by atoms with Crippen LogP contribution in [0.15, 0.2) is 55.1 Å². The number of hydrogen-bond donors (Lipinski definition) is 1. The average molecular weight is 368 g/mol. The summed E-state index contributed by atoms with van der Waals surface area (Å²) in [5, 5.41) is 0. The molecule has 0 bridgehead atoms. The van der Waals surface area contributed by atoms with Crippen LogP contribution in [0.3, 0.4) is 0 Å². The van der Waals surface area contributed by atoms with Gasteiger partial charge in [0.05, 0.1) is 0 Å². The molecular formula is C18H24O6S. The molecule has 0 saturated heterocycles. The Morgan fingerprint density at radius 2 is 1.96 bits per heavy atom. The number of benzene rings is 1. The average Bonchev–Trinajstić information content (AvgIpc) is 2.52.